The predicted octanol–water partition coefficient (Wildman–Crippen LogP) is 6.60. The van der Waals surface area contributed by atoms with Gasteiger partial charge in [-0.15, -0.1) is 11.3 Å². The largest absolute Gasteiger partial charge is 0.479 e. The number of imidazole rings is 1. The van der Waals surface area contributed by atoms with Gasteiger partial charge in [0.25, 0.3) is 0 Å². The number of carboxylic acid groups (broad SMARTS) is 2. The number of halogens is 2. The zero-order valence-corrected chi connectivity index (χ0v) is 39.6. The second kappa shape index (κ2) is 19.0. The molecule has 3 aliphatic heterocycles. The van der Waals surface area contributed by atoms with Gasteiger partial charge in [0.1, 0.15) is 16.9 Å². The molecule has 5 N–H and O–H groups in total. The van der Waals surface area contributed by atoms with Crippen molar-refractivity contribution in [1.82, 2.24) is 23.7 Å². The van der Waals surface area contributed by atoms with Crippen LogP contribution in [0.15, 0.2) is 65.5 Å². The summed E-state index contributed by atoms with van der Waals surface area (Å²) in [7, 11) is -2.24. The number of urea groups is 1. The Morgan fingerprint density at radius 2 is 1.72 bits per heavy atom. The van der Waals surface area contributed by atoms with Gasteiger partial charge in [0.2, 0.25) is 21.8 Å². The third-order valence-electron chi connectivity index (χ3n) is 12.8. The number of anilines is 2. The van der Waals surface area contributed by atoms with Crippen molar-refractivity contribution in [2.24, 2.45) is 7.05 Å². The Bertz CT molecular complexity index is 3030. The van der Waals surface area contributed by atoms with Crippen molar-refractivity contribution in [2.75, 3.05) is 36.9 Å². The van der Waals surface area contributed by atoms with E-state index in [-0.39, 0.29) is 80.9 Å². The number of carbonyl (C=O) groups is 5. The number of ether oxygens (including phenoxy) is 1. The van der Waals surface area contributed by atoms with E-state index in [1.165, 1.54) is 31.6 Å². The van der Waals surface area contributed by atoms with Gasteiger partial charge in [-0.3, -0.25) is 24.0 Å². The van der Waals surface area contributed by atoms with Crippen LogP contribution < -0.4 is 26.4 Å². The number of thiophene rings is 1. The number of amides is 4. The van der Waals surface area contributed by atoms with Crippen molar-refractivity contribution >= 4 is 85.2 Å². The normalized spacial score (nSPS) is 19.2. The maximum Gasteiger partial charge on any atom is 0.349 e. The molecule has 3 aliphatic rings. The van der Waals surface area contributed by atoms with Crippen molar-refractivity contribution in [2.45, 2.75) is 81.7 Å². The molecular weight excluding hydrogens is 945 g/mol. The van der Waals surface area contributed by atoms with Gasteiger partial charge in [-0.2, -0.15) is 4.31 Å². The Kier molecular flexibility index (Phi) is 13.5. The number of fused-ring (bicyclic) bond motifs is 1. The second-order valence-corrected chi connectivity index (χ2v) is 21.2. The van der Waals surface area contributed by atoms with Crippen LogP contribution in [0.5, 0.6) is 5.75 Å². The summed E-state index contributed by atoms with van der Waals surface area (Å²) in [6, 6.07) is 15.0. The van der Waals surface area contributed by atoms with Crippen molar-refractivity contribution in [3.63, 3.8) is 0 Å². The standard InChI is InChI=1S/C46H49ClFN7O11S2/c1-46(2)22-30(49-32-20-28(7-9-31(32)48)40-38(47)39(66-23-37(57)58)41(67-40)43(60)61)15-18-54(46)68(64,65)24-25-5-4-6-29(19-25)50-44(62)53-16-13-26(14-17-53)27-8-10-33-35(21-27)52(3)45(63)55(33)34-11-12-36(56)51-42(34)59/h4-10,19-21,26,30,34,49H,11-18,22-24H2,1-3H3,(H,50,62)(H,57,58)(H,60,61)(H,51,56,59)/t30-,34?/m0/s1. The van der Waals surface area contributed by atoms with Crippen LogP contribution in [0.1, 0.15) is 85.1 Å². The van der Waals surface area contributed by atoms with Crippen LogP contribution in [0.25, 0.3) is 21.5 Å². The number of carboxylic acids is 2. The number of aryl methyl sites for hydroxylation is 1. The molecule has 0 aliphatic carbocycles. The average molecular weight is 995 g/mol. The van der Waals surface area contributed by atoms with Crippen LogP contribution >= 0.6 is 22.9 Å². The molecule has 0 radical (unpaired) electrons. The van der Waals surface area contributed by atoms with Crippen molar-refractivity contribution in [3.05, 3.63) is 98.0 Å². The van der Waals surface area contributed by atoms with Gasteiger partial charge in [-0.05, 0) is 105 Å². The molecule has 3 aromatic carbocycles. The van der Waals surface area contributed by atoms with Crippen LogP contribution in [0, 0.1) is 5.82 Å². The highest BCUT2D eigenvalue weighted by Gasteiger charge is 2.42. The van der Waals surface area contributed by atoms with Crippen molar-refractivity contribution in [1.29, 1.82) is 0 Å². The van der Waals surface area contributed by atoms with Gasteiger partial charge >= 0.3 is 23.7 Å². The van der Waals surface area contributed by atoms with Gasteiger partial charge < -0.3 is 30.5 Å². The first kappa shape index (κ1) is 48.2. The van der Waals surface area contributed by atoms with E-state index < -0.39 is 51.9 Å². The van der Waals surface area contributed by atoms with Gasteiger partial charge in [0, 0.05) is 50.4 Å². The third kappa shape index (κ3) is 9.83. The molecule has 22 heteroatoms. The fourth-order valence-electron chi connectivity index (χ4n) is 9.51. The van der Waals surface area contributed by atoms with Gasteiger partial charge in [0.05, 0.1) is 27.4 Å². The van der Waals surface area contributed by atoms with E-state index in [0.29, 0.717) is 66.6 Å². The molecule has 0 bridgehead atoms. The summed E-state index contributed by atoms with van der Waals surface area (Å²) in [5, 5.41) is 27.0. The first-order valence-electron chi connectivity index (χ1n) is 21.9. The third-order valence-corrected chi connectivity index (χ3v) is 16.5. The number of aromatic carboxylic acids is 1. The molecule has 5 aromatic rings. The number of likely N-dealkylation sites (tertiary alicyclic amines) is 1. The van der Waals surface area contributed by atoms with E-state index in [4.69, 9.17) is 21.4 Å². The highest BCUT2D eigenvalue weighted by atomic mass is 35.5. The number of carbonyl (C=O) groups excluding carboxylic acids is 3. The molecule has 2 aromatic heterocycles. The molecular formula is C46H49ClFN7O11S2. The second-order valence-electron chi connectivity index (χ2n) is 17.9. The van der Waals surface area contributed by atoms with Crippen LogP contribution in [0.3, 0.4) is 0 Å². The highest BCUT2D eigenvalue weighted by Crippen LogP contribution is 2.46. The molecule has 8 rings (SSSR count). The molecule has 0 spiro atoms. The number of sulfonamides is 1. The van der Waals surface area contributed by atoms with Crippen molar-refractivity contribution in [3.8, 4) is 16.2 Å². The first-order chi connectivity index (χ1) is 32.2. The van der Waals surface area contributed by atoms with E-state index in [0.717, 1.165) is 16.9 Å². The molecule has 3 fully saturated rings. The highest BCUT2D eigenvalue weighted by molar-refractivity contribution is 7.88. The number of aromatic nitrogens is 2. The number of nitrogens with zero attached hydrogens (tertiary/aromatic N) is 4. The van der Waals surface area contributed by atoms with E-state index in [1.807, 2.05) is 18.2 Å². The number of benzene rings is 3. The molecule has 18 nitrogen and oxygen atoms in total. The molecule has 4 amide bonds. The minimum Gasteiger partial charge on any atom is -0.479 e. The van der Waals surface area contributed by atoms with Gasteiger partial charge in [-0.25, -0.2) is 32.0 Å². The predicted molar refractivity (Wildman–Crippen MR) is 252 cm³/mol. The number of aliphatic carboxylic acids is 1. The van der Waals surface area contributed by atoms with E-state index >= 15 is 4.39 Å². The molecule has 0 saturated carbocycles. The summed E-state index contributed by atoms with van der Waals surface area (Å²) in [6.07, 6.45) is 2.36. The topological polar surface area (TPSA) is 239 Å². The summed E-state index contributed by atoms with van der Waals surface area (Å²) in [5.74, 6) is -4.66. The summed E-state index contributed by atoms with van der Waals surface area (Å²) >= 11 is 7.23. The van der Waals surface area contributed by atoms with E-state index in [1.54, 1.807) is 50.1 Å². The minimum absolute atomic E-state index is 0.0876. The molecule has 3 saturated heterocycles. The lowest BCUT2D eigenvalue weighted by Crippen LogP contribution is -2.55. The zero-order valence-electron chi connectivity index (χ0n) is 37.2. The summed E-state index contributed by atoms with van der Waals surface area (Å²) in [4.78, 5) is 75.7. The molecule has 1 unspecified atom stereocenters. The van der Waals surface area contributed by atoms with Crippen LogP contribution in [0.4, 0.5) is 20.6 Å². The van der Waals surface area contributed by atoms with Crippen LogP contribution in [-0.4, -0.2) is 105 Å². The Morgan fingerprint density at radius 1 is 0.971 bits per heavy atom. The smallest absolute Gasteiger partial charge is 0.349 e. The molecule has 2 atom stereocenters. The van der Waals surface area contributed by atoms with Gasteiger partial charge in [-0.1, -0.05) is 35.9 Å². The number of imide groups is 1. The average Bonchev–Trinajstić information content (AvgIpc) is 3.74. The van der Waals surface area contributed by atoms with E-state index in [9.17, 15) is 42.3 Å². The van der Waals surface area contributed by atoms with Crippen molar-refractivity contribution < 1.29 is 51.7 Å². The number of hydrogen-bond donors (Lipinski definition) is 5. The maximum atomic E-state index is 15.3. The summed E-state index contributed by atoms with van der Waals surface area (Å²) < 4.78 is 52.9. The monoisotopic (exact) mass is 993 g/mol. The first-order valence-corrected chi connectivity index (χ1v) is 24.7. The fraction of sp³-hybridized carbons (Fsp3) is 0.391. The number of nitrogens with one attached hydrogen (secondary N) is 3. The number of rotatable bonds is 13. The quantitative estimate of drug-likeness (QED) is 0.0785. The lowest BCUT2D eigenvalue weighted by atomic mass is 9.89. The number of piperidine rings is 3. The Balaban J connectivity index is 0.868. The number of hydrogen-bond acceptors (Lipinski definition) is 11. The summed E-state index contributed by atoms with van der Waals surface area (Å²) in [6.45, 7) is 3.82. The van der Waals surface area contributed by atoms with E-state index in [2.05, 4.69) is 16.0 Å². The Morgan fingerprint density at radius 3 is 2.41 bits per heavy atom. The zero-order chi connectivity index (χ0) is 48.8. The maximum absolute atomic E-state index is 15.3. The lowest BCUT2D eigenvalue weighted by molar-refractivity contribution is -0.139. The van der Waals surface area contributed by atoms with Crippen LogP contribution in [0.2, 0.25) is 5.02 Å². The van der Waals surface area contributed by atoms with Crippen LogP contribution in [-0.2, 0) is 37.2 Å². The fourth-order valence-corrected chi connectivity index (χ4v) is 12.9. The Labute approximate surface area is 398 Å². The Hall–Kier alpha value is -6.29. The molecule has 5 heterocycles. The SMILES string of the molecule is Cn1c(=O)n(C2CCC(=O)NC2=O)c2ccc(C3CCN(C(=O)Nc4cccc(CS(=O)(=O)N5CC[C@H](Nc6cc(-c7sc(C(=O)O)c(OCC(=O)O)c7Cl)ccc6F)CC5(C)C)c4)CC3)cc21. The molecule has 360 valence electrons. The lowest BCUT2D eigenvalue weighted by Gasteiger charge is -2.45. The minimum atomic E-state index is -3.89. The van der Waals surface area contributed by atoms with Gasteiger partial charge in [0.15, 0.2) is 17.2 Å². The molecule has 68 heavy (non-hydrogen) atoms. The summed E-state index contributed by atoms with van der Waals surface area (Å²) in [5.41, 5.74) is 2.41.